The Labute approximate surface area is 124 Å². The molecule has 1 atom stereocenters. The Morgan fingerprint density at radius 1 is 1.55 bits per heavy atom. The summed E-state index contributed by atoms with van der Waals surface area (Å²) >= 11 is 1.29. The van der Waals surface area contributed by atoms with Crippen molar-refractivity contribution < 1.29 is 9.53 Å². The van der Waals surface area contributed by atoms with E-state index in [-0.39, 0.29) is 17.2 Å². The Bertz CT molecular complexity index is 493. The van der Waals surface area contributed by atoms with E-state index in [1.807, 2.05) is 0 Å². The molecule has 2 rings (SSSR count). The van der Waals surface area contributed by atoms with Gasteiger partial charge in [0.15, 0.2) is 5.82 Å². The minimum absolute atomic E-state index is 0.273. The molecule has 5 nitrogen and oxygen atoms in total. The molecule has 1 saturated heterocycles. The monoisotopic (exact) mass is 297 g/mol. The van der Waals surface area contributed by atoms with Gasteiger partial charge in [-0.3, -0.25) is 0 Å². The van der Waals surface area contributed by atoms with E-state index in [0.29, 0.717) is 18.1 Å². The van der Waals surface area contributed by atoms with Gasteiger partial charge in [-0.15, -0.1) is 0 Å². The molecule has 1 aromatic rings. The van der Waals surface area contributed by atoms with Crippen molar-refractivity contribution in [2.24, 2.45) is 11.3 Å². The summed E-state index contributed by atoms with van der Waals surface area (Å²) in [6.45, 7) is 10.8. The number of hydrogen-bond donors (Lipinski definition) is 1. The number of carbonyl (C=O) groups is 1. The van der Waals surface area contributed by atoms with Gasteiger partial charge in [-0.1, -0.05) is 20.8 Å². The summed E-state index contributed by atoms with van der Waals surface area (Å²) in [6.07, 6.45) is 1.13. The van der Waals surface area contributed by atoms with Gasteiger partial charge in [-0.2, -0.15) is 4.37 Å². The average Bonchev–Trinajstić information content (AvgIpc) is 2.94. The maximum atomic E-state index is 12.0. The molecule has 1 fully saturated rings. The maximum absolute atomic E-state index is 12.0. The van der Waals surface area contributed by atoms with Gasteiger partial charge in [0, 0.05) is 13.1 Å². The van der Waals surface area contributed by atoms with Crippen molar-refractivity contribution >= 4 is 28.3 Å². The SMILES string of the molecule is CCOC(=O)c1c(N)nsc1N1CCC(C(C)(C)C)C1. The number of aromatic nitrogens is 1. The van der Waals surface area contributed by atoms with Gasteiger partial charge in [-0.05, 0) is 36.2 Å². The standard InChI is InChI=1S/C14H23N3O2S/c1-5-19-13(18)10-11(15)16-20-12(10)17-7-6-9(8-17)14(2,3)4/h9H,5-8H2,1-4H3,(H2,15,16). The van der Waals surface area contributed by atoms with Crippen LogP contribution in [-0.4, -0.2) is 30.0 Å². The first-order valence-electron chi connectivity index (χ1n) is 7.01. The van der Waals surface area contributed by atoms with E-state index < -0.39 is 0 Å². The molecular formula is C14H23N3O2S. The number of carbonyl (C=O) groups excluding carboxylic acids is 1. The fourth-order valence-electron chi connectivity index (χ4n) is 2.56. The predicted molar refractivity (Wildman–Crippen MR) is 82.3 cm³/mol. The van der Waals surface area contributed by atoms with Crippen LogP contribution in [0.4, 0.5) is 10.8 Å². The van der Waals surface area contributed by atoms with Crippen molar-refractivity contribution in [3.63, 3.8) is 0 Å². The van der Waals surface area contributed by atoms with Gasteiger partial charge in [0.1, 0.15) is 10.6 Å². The Morgan fingerprint density at radius 2 is 2.25 bits per heavy atom. The lowest BCUT2D eigenvalue weighted by molar-refractivity contribution is 0.0528. The minimum atomic E-state index is -0.368. The van der Waals surface area contributed by atoms with Crippen LogP contribution in [-0.2, 0) is 4.74 Å². The Balaban J connectivity index is 2.21. The second kappa shape index (κ2) is 5.60. The number of hydrogen-bond acceptors (Lipinski definition) is 6. The molecule has 1 unspecified atom stereocenters. The Kier molecular flexibility index (Phi) is 4.22. The van der Waals surface area contributed by atoms with Crippen molar-refractivity contribution in [2.45, 2.75) is 34.1 Å². The zero-order chi connectivity index (χ0) is 14.9. The summed E-state index contributed by atoms with van der Waals surface area (Å²) in [5, 5.41) is 0.854. The van der Waals surface area contributed by atoms with Gasteiger partial charge in [0.25, 0.3) is 0 Å². The molecule has 6 heteroatoms. The van der Waals surface area contributed by atoms with Gasteiger partial charge < -0.3 is 15.4 Å². The minimum Gasteiger partial charge on any atom is -0.462 e. The number of nitrogens with two attached hydrogens (primary N) is 1. The average molecular weight is 297 g/mol. The number of nitrogens with zero attached hydrogens (tertiary/aromatic N) is 2. The van der Waals surface area contributed by atoms with Crippen molar-refractivity contribution in [1.82, 2.24) is 4.37 Å². The topological polar surface area (TPSA) is 68.5 Å². The summed E-state index contributed by atoms with van der Waals surface area (Å²) in [4.78, 5) is 14.2. The van der Waals surface area contributed by atoms with Crippen LogP contribution in [0.25, 0.3) is 0 Å². The van der Waals surface area contributed by atoms with Crippen LogP contribution in [0, 0.1) is 11.3 Å². The van der Waals surface area contributed by atoms with Crippen molar-refractivity contribution in [3.8, 4) is 0 Å². The van der Waals surface area contributed by atoms with E-state index in [9.17, 15) is 4.79 Å². The summed E-state index contributed by atoms with van der Waals surface area (Å²) in [5.74, 6) is 0.525. The Hall–Kier alpha value is -1.30. The lowest BCUT2D eigenvalue weighted by atomic mass is 9.80. The second-order valence-corrected chi connectivity index (χ2v) is 7.02. The van der Waals surface area contributed by atoms with E-state index in [2.05, 4.69) is 30.0 Å². The highest BCUT2D eigenvalue weighted by Gasteiger charge is 2.35. The largest absolute Gasteiger partial charge is 0.462 e. The summed E-state index contributed by atoms with van der Waals surface area (Å²) in [7, 11) is 0. The molecule has 0 saturated carbocycles. The number of ether oxygens (including phenoxy) is 1. The molecule has 0 aromatic carbocycles. The highest BCUT2D eigenvalue weighted by atomic mass is 32.1. The highest BCUT2D eigenvalue weighted by molar-refractivity contribution is 7.11. The quantitative estimate of drug-likeness (QED) is 0.869. The van der Waals surface area contributed by atoms with Gasteiger partial charge >= 0.3 is 5.97 Å². The molecule has 112 valence electrons. The number of anilines is 2. The van der Waals surface area contributed by atoms with E-state index >= 15 is 0 Å². The van der Waals surface area contributed by atoms with E-state index in [1.54, 1.807) is 6.92 Å². The third-order valence-corrected chi connectivity index (χ3v) is 4.80. The molecule has 2 heterocycles. The van der Waals surface area contributed by atoms with E-state index in [0.717, 1.165) is 24.5 Å². The second-order valence-electron chi connectivity index (χ2n) is 6.27. The number of esters is 1. The number of rotatable bonds is 3. The molecule has 0 spiro atoms. The first-order chi connectivity index (χ1) is 9.34. The van der Waals surface area contributed by atoms with E-state index in [4.69, 9.17) is 10.5 Å². The summed E-state index contributed by atoms with van der Waals surface area (Å²) < 4.78 is 9.21. The molecule has 0 bridgehead atoms. The molecule has 20 heavy (non-hydrogen) atoms. The fraction of sp³-hybridized carbons (Fsp3) is 0.714. The van der Waals surface area contributed by atoms with Crippen LogP contribution in [0.15, 0.2) is 0 Å². The molecule has 0 aliphatic carbocycles. The highest BCUT2D eigenvalue weighted by Crippen LogP contribution is 2.39. The predicted octanol–water partition coefficient (Wildman–Crippen LogP) is 2.77. The van der Waals surface area contributed by atoms with E-state index in [1.165, 1.54) is 11.5 Å². The molecule has 0 radical (unpaired) electrons. The molecular weight excluding hydrogens is 274 g/mol. The van der Waals surface area contributed by atoms with Gasteiger partial charge in [0.05, 0.1) is 6.61 Å². The number of nitrogen functional groups attached to an aromatic ring is 1. The van der Waals surface area contributed by atoms with Gasteiger partial charge in [0.2, 0.25) is 0 Å². The maximum Gasteiger partial charge on any atom is 0.345 e. The van der Waals surface area contributed by atoms with Crippen molar-refractivity contribution in [2.75, 3.05) is 30.3 Å². The fourth-order valence-corrected chi connectivity index (χ4v) is 3.39. The molecule has 1 aromatic heterocycles. The first-order valence-corrected chi connectivity index (χ1v) is 7.79. The van der Waals surface area contributed by atoms with Crippen LogP contribution in [0.5, 0.6) is 0 Å². The zero-order valence-electron chi connectivity index (χ0n) is 12.6. The molecule has 1 aliphatic heterocycles. The normalized spacial score (nSPS) is 19.4. The summed E-state index contributed by atoms with van der Waals surface area (Å²) in [5.41, 5.74) is 6.54. The Morgan fingerprint density at radius 3 is 2.80 bits per heavy atom. The third-order valence-electron chi connectivity index (χ3n) is 3.88. The van der Waals surface area contributed by atoms with Crippen LogP contribution in [0.2, 0.25) is 0 Å². The third kappa shape index (κ3) is 2.90. The van der Waals surface area contributed by atoms with Crippen molar-refractivity contribution in [3.05, 3.63) is 5.56 Å². The van der Waals surface area contributed by atoms with Gasteiger partial charge in [-0.25, -0.2) is 4.79 Å². The first kappa shape index (κ1) is 15.1. The summed E-state index contributed by atoms with van der Waals surface area (Å²) in [6, 6.07) is 0. The molecule has 0 amide bonds. The van der Waals surface area contributed by atoms with Crippen LogP contribution >= 0.6 is 11.5 Å². The smallest absolute Gasteiger partial charge is 0.345 e. The van der Waals surface area contributed by atoms with Crippen LogP contribution < -0.4 is 10.6 Å². The lowest BCUT2D eigenvalue weighted by Crippen LogP contribution is -2.26. The lowest BCUT2D eigenvalue weighted by Gasteiger charge is -2.27. The van der Waals surface area contributed by atoms with Crippen LogP contribution in [0.3, 0.4) is 0 Å². The molecule has 1 aliphatic rings. The molecule has 2 N–H and O–H groups in total. The van der Waals surface area contributed by atoms with Crippen molar-refractivity contribution in [1.29, 1.82) is 0 Å². The zero-order valence-corrected chi connectivity index (χ0v) is 13.4. The van der Waals surface area contributed by atoms with Crippen LogP contribution in [0.1, 0.15) is 44.5 Å².